The van der Waals surface area contributed by atoms with Crippen LogP contribution < -0.4 is 20.8 Å². The van der Waals surface area contributed by atoms with Crippen LogP contribution >= 0.6 is 11.6 Å². The Labute approximate surface area is 166 Å². The van der Waals surface area contributed by atoms with Gasteiger partial charge in [0, 0.05) is 47.9 Å². The number of halogens is 1. The van der Waals surface area contributed by atoms with Crippen molar-refractivity contribution in [3.8, 4) is 28.5 Å². The highest BCUT2D eigenvalue weighted by Gasteiger charge is 2.17. The highest BCUT2D eigenvalue weighted by molar-refractivity contribution is 6.30. The molecule has 0 bridgehead atoms. The molecule has 2 N–H and O–H groups in total. The van der Waals surface area contributed by atoms with E-state index in [0.29, 0.717) is 52.2 Å². The molecule has 0 aliphatic carbocycles. The number of rotatable bonds is 0. The number of aryl methyl sites for hydroxylation is 1. The van der Waals surface area contributed by atoms with Crippen molar-refractivity contribution in [2.24, 2.45) is 7.05 Å². The summed E-state index contributed by atoms with van der Waals surface area (Å²) in [5.74, 6) is 1.46. The average Bonchev–Trinajstić information content (AvgIpc) is 2.66. The number of pyridine rings is 2. The van der Waals surface area contributed by atoms with Crippen LogP contribution in [0.3, 0.4) is 0 Å². The smallest absolute Gasteiger partial charge is 0.254 e. The summed E-state index contributed by atoms with van der Waals surface area (Å²) in [6.45, 7) is 0.415. The second-order valence-corrected chi connectivity index (χ2v) is 6.88. The number of nitrogen functional groups attached to an aromatic ring is 1. The van der Waals surface area contributed by atoms with Crippen LogP contribution in [0, 0.1) is 0 Å². The van der Waals surface area contributed by atoms with Crippen molar-refractivity contribution in [3.05, 3.63) is 69.7 Å². The van der Waals surface area contributed by atoms with E-state index in [4.69, 9.17) is 26.8 Å². The number of benzene rings is 1. The van der Waals surface area contributed by atoms with Gasteiger partial charge in [0.25, 0.3) is 5.56 Å². The van der Waals surface area contributed by atoms with Crippen molar-refractivity contribution >= 4 is 23.4 Å². The molecule has 7 heteroatoms. The van der Waals surface area contributed by atoms with Gasteiger partial charge in [0.1, 0.15) is 11.5 Å². The third kappa shape index (κ3) is 3.59. The molecular formula is C21H18ClN3O3. The highest BCUT2D eigenvalue weighted by atomic mass is 35.5. The number of aromatic nitrogens is 2. The molecular weight excluding hydrogens is 378 g/mol. The molecule has 6 nitrogen and oxygen atoms in total. The predicted molar refractivity (Wildman–Crippen MR) is 110 cm³/mol. The number of nitrogens with two attached hydrogens (primary N) is 1. The van der Waals surface area contributed by atoms with Gasteiger partial charge in [-0.15, -0.1) is 0 Å². The predicted octanol–water partition coefficient (Wildman–Crippen LogP) is 4.27. The molecule has 0 saturated heterocycles. The SMILES string of the molecule is Cn1cc2c(cc1=O)OCC/C=C\c1cc(Cl)cnc1Oc1ccc(N)cc1-2. The minimum atomic E-state index is -0.158. The van der Waals surface area contributed by atoms with E-state index in [2.05, 4.69) is 4.98 Å². The van der Waals surface area contributed by atoms with Crippen LogP contribution in [0.1, 0.15) is 12.0 Å². The quantitative estimate of drug-likeness (QED) is 0.575. The Morgan fingerprint density at radius 2 is 2.04 bits per heavy atom. The van der Waals surface area contributed by atoms with E-state index in [1.165, 1.54) is 16.8 Å². The standard InChI is InChI=1S/C21H18ClN3O3/c1-25-12-17-16-9-15(23)5-6-18(16)28-21-13(8-14(22)11-24-21)4-2-3-7-27-19(17)10-20(25)26/h2,4-6,8-12H,3,7,23H2,1H3/b4-2-. The lowest BCUT2D eigenvalue weighted by molar-refractivity contribution is 0.325. The Kier molecular flexibility index (Phi) is 4.79. The molecule has 0 radical (unpaired) electrons. The van der Waals surface area contributed by atoms with Gasteiger partial charge < -0.3 is 19.8 Å². The molecule has 0 saturated carbocycles. The number of hydrogen-bond acceptors (Lipinski definition) is 5. The van der Waals surface area contributed by atoms with Gasteiger partial charge in [-0.25, -0.2) is 4.98 Å². The van der Waals surface area contributed by atoms with Gasteiger partial charge >= 0.3 is 0 Å². The molecule has 142 valence electrons. The van der Waals surface area contributed by atoms with Crippen LogP contribution in [0.4, 0.5) is 5.69 Å². The molecule has 0 amide bonds. The maximum absolute atomic E-state index is 12.1. The van der Waals surface area contributed by atoms with E-state index in [0.717, 1.165) is 5.56 Å². The van der Waals surface area contributed by atoms with E-state index >= 15 is 0 Å². The molecule has 28 heavy (non-hydrogen) atoms. The maximum Gasteiger partial charge on any atom is 0.254 e. The second-order valence-electron chi connectivity index (χ2n) is 6.45. The van der Waals surface area contributed by atoms with Crippen molar-refractivity contribution < 1.29 is 9.47 Å². The molecule has 3 heterocycles. The van der Waals surface area contributed by atoms with Gasteiger partial charge in [0.05, 0.1) is 11.6 Å². The molecule has 1 aromatic carbocycles. The molecule has 0 atom stereocenters. The Morgan fingerprint density at radius 3 is 2.89 bits per heavy atom. The summed E-state index contributed by atoms with van der Waals surface area (Å²) in [5.41, 5.74) is 8.62. The minimum absolute atomic E-state index is 0.158. The van der Waals surface area contributed by atoms with Gasteiger partial charge in [-0.05, 0) is 30.7 Å². The van der Waals surface area contributed by atoms with Gasteiger partial charge in [-0.2, -0.15) is 0 Å². The zero-order valence-corrected chi connectivity index (χ0v) is 15.9. The fourth-order valence-corrected chi connectivity index (χ4v) is 3.15. The molecule has 3 aromatic rings. The summed E-state index contributed by atoms with van der Waals surface area (Å²) >= 11 is 6.10. The van der Waals surface area contributed by atoms with Crippen molar-refractivity contribution in [1.82, 2.24) is 9.55 Å². The lowest BCUT2D eigenvalue weighted by Gasteiger charge is -2.17. The van der Waals surface area contributed by atoms with Crippen LogP contribution in [0.2, 0.25) is 5.02 Å². The zero-order valence-electron chi connectivity index (χ0n) is 15.2. The average molecular weight is 396 g/mol. The van der Waals surface area contributed by atoms with Crippen molar-refractivity contribution in [1.29, 1.82) is 0 Å². The highest BCUT2D eigenvalue weighted by Crippen LogP contribution is 2.39. The van der Waals surface area contributed by atoms with Crippen LogP contribution in [0.15, 0.2) is 53.6 Å². The zero-order chi connectivity index (χ0) is 19.7. The van der Waals surface area contributed by atoms with E-state index in [-0.39, 0.29) is 5.56 Å². The van der Waals surface area contributed by atoms with E-state index in [1.54, 1.807) is 37.5 Å². The van der Waals surface area contributed by atoms with E-state index in [9.17, 15) is 4.79 Å². The topological polar surface area (TPSA) is 79.4 Å². The van der Waals surface area contributed by atoms with Crippen LogP contribution in [-0.2, 0) is 7.05 Å². The van der Waals surface area contributed by atoms with Crippen LogP contribution in [-0.4, -0.2) is 16.2 Å². The summed E-state index contributed by atoms with van der Waals surface area (Å²) in [6.07, 6.45) is 7.74. The molecule has 1 aliphatic heterocycles. The lowest BCUT2D eigenvalue weighted by atomic mass is 10.0. The monoisotopic (exact) mass is 395 g/mol. The fraction of sp³-hybridized carbons (Fsp3) is 0.143. The van der Waals surface area contributed by atoms with Crippen molar-refractivity contribution in [2.75, 3.05) is 12.3 Å². The van der Waals surface area contributed by atoms with Crippen LogP contribution in [0.5, 0.6) is 17.4 Å². The molecule has 0 fully saturated rings. The summed E-state index contributed by atoms with van der Waals surface area (Å²) in [4.78, 5) is 16.5. The van der Waals surface area contributed by atoms with Crippen molar-refractivity contribution in [2.45, 2.75) is 6.42 Å². The summed E-state index contributed by atoms with van der Waals surface area (Å²) < 4.78 is 13.5. The van der Waals surface area contributed by atoms with Gasteiger partial charge in [-0.1, -0.05) is 23.8 Å². The Hall–Kier alpha value is -3.25. The summed E-state index contributed by atoms with van der Waals surface area (Å²) in [5, 5.41) is 0.521. The van der Waals surface area contributed by atoms with E-state index in [1.807, 2.05) is 12.2 Å². The first kappa shape index (κ1) is 18.1. The first-order chi connectivity index (χ1) is 13.5. The fourth-order valence-electron chi connectivity index (χ4n) is 2.98. The Bertz CT molecular complexity index is 1140. The Balaban J connectivity index is 1.95. The number of anilines is 1. The molecule has 0 spiro atoms. The summed E-state index contributed by atoms with van der Waals surface area (Å²) in [6, 6.07) is 8.58. The third-order valence-electron chi connectivity index (χ3n) is 4.38. The first-order valence-corrected chi connectivity index (χ1v) is 9.12. The number of fused-ring (bicyclic) bond motifs is 4. The minimum Gasteiger partial charge on any atom is -0.492 e. The molecule has 2 aromatic heterocycles. The molecule has 1 aliphatic rings. The van der Waals surface area contributed by atoms with Crippen LogP contribution in [0.25, 0.3) is 17.2 Å². The Morgan fingerprint density at radius 1 is 1.18 bits per heavy atom. The molecule has 0 unspecified atom stereocenters. The van der Waals surface area contributed by atoms with Gasteiger partial charge in [0.15, 0.2) is 0 Å². The number of ether oxygens (including phenoxy) is 2. The molecule has 4 rings (SSSR count). The summed E-state index contributed by atoms with van der Waals surface area (Å²) in [7, 11) is 1.69. The van der Waals surface area contributed by atoms with Crippen molar-refractivity contribution in [3.63, 3.8) is 0 Å². The number of nitrogens with zero attached hydrogens (tertiary/aromatic N) is 2. The normalized spacial score (nSPS) is 14.2. The van der Waals surface area contributed by atoms with E-state index < -0.39 is 0 Å². The second kappa shape index (κ2) is 7.40. The maximum atomic E-state index is 12.1. The van der Waals surface area contributed by atoms with Gasteiger partial charge in [0.2, 0.25) is 5.88 Å². The third-order valence-corrected chi connectivity index (χ3v) is 4.58. The first-order valence-electron chi connectivity index (χ1n) is 8.74. The lowest BCUT2D eigenvalue weighted by Crippen LogP contribution is -2.16. The van der Waals surface area contributed by atoms with Gasteiger partial charge in [-0.3, -0.25) is 4.79 Å². The largest absolute Gasteiger partial charge is 0.492 e. The number of hydrogen-bond donors (Lipinski definition) is 1.